The van der Waals surface area contributed by atoms with E-state index >= 15 is 0 Å². The molecule has 4 heteroatoms. The van der Waals surface area contributed by atoms with Gasteiger partial charge < -0.3 is 4.74 Å². The zero-order valence-corrected chi connectivity index (χ0v) is 11.0. The molecule has 0 bridgehead atoms. The van der Waals surface area contributed by atoms with E-state index in [1.54, 1.807) is 0 Å². The number of Topliss-reactive ketones (excluding diaryl/α,β-unsaturated/α-hetero) is 1. The van der Waals surface area contributed by atoms with E-state index in [1.165, 1.54) is 6.07 Å². The lowest BCUT2D eigenvalue weighted by Gasteiger charge is -2.26. The van der Waals surface area contributed by atoms with Crippen molar-refractivity contribution in [2.45, 2.75) is 38.7 Å². The lowest BCUT2D eigenvalue weighted by molar-refractivity contribution is 0.0213. The molecular formula is C15H18F2O2. The van der Waals surface area contributed by atoms with E-state index in [0.717, 1.165) is 37.8 Å². The molecule has 0 amide bonds. The van der Waals surface area contributed by atoms with Gasteiger partial charge in [0.25, 0.3) is 0 Å². The minimum Gasteiger partial charge on any atom is -0.370 e. The quantitative estimate of drug-likeness (QED) is 0.777. The SMILES string of the molecule is CC1CCC(OCC(=O)c2c(F)cccc2F)CC1. The fraction of sp³-hybridized carbons (Fsp3) is 0.533. The molecule has 19 heavy (non-hydrogen) atoms. The second kappa shape index (κ2) is 6.24. The molecule has 0 aromatic heterocycles. The Morgan fingerprint density at radius 3 is 2.37 bits per heavy atom. The summed E-state index contributed by atoms with van der Waals surface area (Å²) < 4.78 is 32.3. The molecule has 0 heterocycles. The van der Waals surface area contributed by atoms with Gasteiger partial charge in [0.2, 0.25) is 0 Å². The minimum absolute atomic E-state index is 0.0370. The van der Waals surface area contributed by atoms with Crippen LogP contribution in [0.1, 0.15) is 43.0 Å². The number of ether oxygens (including phenoxy) is 1. The summed E-state index contributed by atoms with van der Waals surface area (Å²) in [6.07, 6.45) is 4.01. The second-order valence-corrected chi connectivity index (χ2v) is 5.21. The predicted octanol–water partition coefficient (Wildman–Crippen LogP) is 3.74. The van der Waals surface area contributed by atoms with Gasteiger partial charge in [-0.25, -0.2) is 8.78 Å². The van der Waals surface area contributed by atoms with Gasteiger partial charge >= 0.3 is 0 Å². The second-order valence-electron chi connectivity index (χ2n) is 5.21. The Kier molecular flexibility index (Phi) is 4.64. The van der Waals surface area contributed by atoms with Crippen LogP contribution in [0.5, 0.6) is 0 Å². The summed E-state index contributed by atoms with van der Waals surface area (Å²) in [5.74, 6) is -1.59. The first-order chi connectivity index (χ1) is 9.08. The molecule has 0 saturated heterocycles. The van der Waals surface area contributed by atoms with Crippen LogP contribution in [0.15, 0.2) is 18.2 Å². The molecule has 1 fully saturated rings. The van der Waals surface area contributed by atoms with Crippen molar-refractivity contribution in [2.24, 2.45) is 5.92 Å². The molecule has 0 radical (unpaired) electrons. The van der Waals surface area contributed by atoms with Crippen molar-refractivity contribution in [3.63, 3.8) is 0 Å². The highest BCUT2D eigenvalue weighted by molar-refractivity contribution is 5.97. The highest BCUT2D eigenvalue weighted by Gasteiger charge is 2.22. The van der Waals surface area contributed by atoms with Gasteiger partial charge in [0.1, 0.15) is 18.2 Å². The number of ketones is 1. The van der Waals surface area contributed by atoms with Gasteiger partial charge in [-0.15, -0.1) is 0 Å². The third-order valence-electron chi connectivity index (χ3n) is 3.65. The maximum atomic E-state index is 13.4. The third kappa shape index (κ3) is 3.60. The lowest BCUT2D eigenvalue weighted by atomic mass is 9.89. The van der Waals surface area contributed by atoms with E-state index in [0.29, 0.717) is 5.92 Å². The summed E-state index contributed by atoms with van der Waals surface area (Å²) in [7, 11) is 0. The van der Waals surface area contributed by atoms with E-state index < -0.39 is 23.0 Å². The van der Waals surface area contributed by atoms with Gasteiger partial charge in [-0.2, -0.15) is 0 Å². The molecule has 1 aromatic rings. The third-order valence-corrected chi connectivity index (χ3v) is 3.65. The van der Waals surface area contributed by atoms with Crippen molar-refractivity contribution in [2.75, 3.05) is 6.61 Å². The average molecular weight is 268 g/mol. The molecule has 1 aliphatic rings. The van der Waals surface area contributed by atoms with Crippen molar-refractivity contribution in [1.29, 1.82) is 0 Å². The molecule has 0 spiro atoms. The van der Waals surface area contributed by atoms with Crippen molar-refractivity contribution in [1.82, 2.24) is 0 Å². The van der Waals surface area contributed by atoms with Crippen LogP contribution >= 0.6 is 0 Å². The van der Waals surface area contributed by atoms with Gasteiger partial charge in [-0.3, -0.25) is 4.79 Å². The van der Waals surface area contributed by atoms with Crippen molar-refractivity contribution < 1.29 is 18.3 Å². The molecule has 2 nitrogen and oxygen atoms in total. The Morgan fingerprint density at radius 1 is 1.21 bits per heavy atom. The molecule has 2 rings (SSSR count). The normalized spacial score (nSPS) is 23.3. The average Bonchev–Trinajstić information content (AvgIpc) is 2.38. The molecular weight excluding hydrogens is 250 g/mol. The first-order valence-corrected chi connectivity index (χ1v) is 6.66. The summed E-state index contributed by atoms with van der Waals surface area (Å²) >= 11 is 0. The molecule has 0 aliphatic heterocycles. The van der Waals surface area contributed by atoms with E-state index in [2.05, 4.69) is 6.92 Å². The molecule has 0 unspecified atom stereocenters. The summed E-state index contributed by atoms with van der Waals surface area (Å²) in [5, 5.41) is 0. The highest BCUT2D eigenvalue weighted by atomic mass is 19.1. The Bertz CT molecular complexity index is 431. The van der Waals surface area contributed by atoms with Gasteiger partial charge in [0.15, 0.2) is 5.78 Å². The van der Waals surface area contributed by atoms with Crippen molar-refractivity contribution in [3.8, 4) is 0 Å². The smallest absolute Gasteiger partial charge is 0.194 e. The van der Waals surface area contributed by atoms with Crippen LogP contribution in [0.2, 0.25) is 0 Å². The summed E-state index contributed by atoms with van der Waals surface area (Å²) in [6.45, 7) is 1.94. The van der Waals surface area contributed by atoms with Crippen molar-refractivity contribution >= 4 is 5.78 Å². The topological polar surface area (TPSA) is 26.3 Å². The van der Waals surface area contributed by atoms with Crippen molar-refractivity contribution in [3.05, 3.63) is 35.4 Å². The summed E-state index contributed by atoms with van der Waals surface area (Å²) in [5.41, 5.74) is -0.494. The predicted molar refractivity (Wildman–Crippen MR) is 68.1 cm³/mol. The number of benzene rings is 1. The molecule has 1 aromatic carbocycles. The van der Waals surface area contributed by atoms with Crippen LogP contribution in [0.3, 0.4) is 0 Å². The van der Waals surface area contributed by atoms with E-state index in [9.17, 15) is 13.6 Å². The Morgan fingerprint density at radius 2 is 1.79 bits per heavy atom. The fourth-order valence-electron chi connectivity index (χ4n) is 2.43. The first-order valence-electron chi connectivity index (χ1n) is 6.66. The number of rotatable bonds is 4. The maximum Gasteiger partial charge on any atom is 0.194 e. The number of halogens is 2. The molecule has 1 saturated carbocycles. The Hall–Kier alpha value is -1.29. The standard InChI is InChI=1S/C15H18F2O2/c1-10-5-7-11(8-6-10)19-9-14(18)15-12(16)3-2-4-13(15)17/h2-4,10-11H,5-9H2,1H3. The van der Waals surface area contributed by atoms with Crippen LogP contribution < -0.4 is 0 Å². The van der Waals surface area contributed by atoms with Crippen LogP contribution in [0.4, 0.5) is 8.78 Å². The van der Waals surface area contributed by atoms with E-state index in [-0.39, 0.29) is 12.7 Å². The van der Waals surface area contributed by atoms with Gasteiger partial charge in [-0.05, 0) is 43.7 Å². The summed E-state index contributed by atoms with van der Waals surface area (Å²) in [4.78, 5) is 11.8. The van der Waals surface area contributed by atoms with Gasteiger partial charge in [0.05, 0.1) is 11.7 Å². The lowest BCUT2D eigenvalue weighted by Crippen LogP contribution is -2.24. The van der Waals surface area contributed by atoms with Crippen LogP contribution in [-0.2, 0) is 4.74 Å². The fourth-order valence-corrected chi connectivity index (χ4v) is 2.43. The molecule has 0 N–H and O–H groups in total. The number of carbonyl (C=O) groups excluding carboxylic acids is 1. The zero-order valence-electron chi connectivity index (χ0n) is 11.0. The van der Waals surface area contributed by atoms with E-state index in [1.807, 2.05) is 0 Å². The Balaban J connectivity index is 1.91. The molecule has 1 aliphatic carbocycles. The first kappa shape index (κ1) is 14.1. The molecule has 0 atom stereocenters. The van der Waals surface area contributed by atoms with Gasteiger partial charge in [0, 0.05) is 0 Å². The van der Waals surface area contributed by atoms with Crippen LogP contribution in [0.25, 0.3) is 0 Å². The van der Waals surface area contributed by atoms with Crippen LogP contribution in [0, 0.1) is 17.6 Å². The Labute approximate surface area is 111 Å². The van der Waals surface area contributed by atoms with Gasteiger partial charge in [-0.1, -0.05) is 13.0 Å². The molecule has 104 valence electrons. The van der Waals surface area contributed by atoms with E-state index in [4.69, 9.17) is 4.74 Å². The number of hydrogen-bond donors (Lipinski definition) is 0. The number of hydrogen-bond acceptors (Lipinski definition) is 2. The maximum absolute atomic E-state index is 13.4. The summed E-state index contributed by atoms with van der Waals surface area (Å²) in [6, 6.07) is 3.40. The monoisotopic (exact) mass is 268 g/mol. The minimum atomic E-state index is -0.828. The van der Waals surface area contributed by atoms with Crippen LogP contribution in [-0.4, -0.2) is 18.5 Å². The number of carbonyl (C=O) groups is 1. The largest absolute Gasteiger partial charge is 0.370 e. The zero-order chi connectivity index (χ0) is 13.8. The highest BCUT2D eigenvalue weighted by Crippen LogP contribution is 2.25.